The van der Waals surface area contributed by atoms with Gasteiger partial charge >= 0.3 is 0 Å². The Kier molecular flexibility index (Phi) is 5.41. The number of aryl methyl sites for hydroxylation is 3. The number of carbonyl (C=O) groups excluding carboxylic acids is 1. The van der Waals surface area contributed by atoms with Gasteiger partial charge in [-0.2, -0.15) is 0 Å². The number of benzene rings is 1. The van der Waals surface area contributed by atoms with Gasteiger partial charge in [0.05, 0.1) is 0 Å². The molecule has 0 saturated carbocycles. The Morgan fingerprint density at radius 1 is 1.19 bits per heavy atom. The number of amides is 1. The van der Waals surface area contributed by atoms with Crippen molar-refractivity contribution in [2.45, 2.75) is 25.8 Å². The fraction of sp³-hybridized carbons (Fsp3) is 0.267. The third kappa shape index (κ3) is 4.09. The van der Waals surface area contributed by atoms with Crippen molar-refractivity contribution in [3.8, 4) is 5.88 Å². The summed E-state index contributed by atoms with van der Waals surface area (Å²) in [5.74, 6) is -0.289. The van der Waals surface area contributed by atoms with E-state index in [1.165, 1.54) is 5.56 Å². The number of carbonyl (C=O) groups is 1. The lowest BCUT2D eigenvalue weighted by molar-refractivity contribution is -0.129. The first-order valence-electron chi connectivity index (χ1n) is 6.65. The van der Waals surface area contributed by atoms with Crippen LogP contribution in [0.2, 0.25) is 0 Å². The largest absolute Gasteiger partial charge is 0.494 e. The van der Waals surface area contributed by atoms with Gasteiger partial charge < -0.3 is 9.67 Å². The van der Waals surface area contributed by atoms with Gasteiger partial charge in [0.1, 0.15) is 0 Å². The van der Waals surface area contributed by atoms with Crippen LogP contribution >= 0.6 is 15.9 Å². The van der Waals surface area contributed by atoms with Gasteiger partial charge in [0, 0.05) is 29.2 Å². The molecule has 6 heteroatoms. The van der Waals surface area contributed by atoms with Crippen molar-refractivity contribution >= 4 is 21.8 Å². The number of nitrogens with zero attached hydrogens (tertiary/aromatic N) is 1. The fourth-order valence-electron chi connectivity index (χ4n) is 2.13. The summed E-state index contributed by atoms with van der Waals surface area (Å²) in [4.78, 5) is 11.0. The summed E-state index contributed by atoms with van der Waals surface area (Å²) >= 11 is 3.50. The zero-order chi connectivity index (χ0) is 15.2. The minimum Gasteiger partial charge on any atom is -0.494 e. The molecule has 1 aromatic heterocycles. The summed E-state index contributed by atoms with van der Waals surface area (Å²) in [5, 5.41) is 18.6. The van der Waals surface area contributed by atoms with Crippen LogP contribution in [0.15, 0.2) is 41.0 Å². The maximum atomic E-state index is 11.0. The first kappa shape index (κ1) is 15.6. The Morgan fingerprint density at radius 2 is 1.95 bits per heavy atom. The van der Waals surface area contributed by atoms with Crippen LogP contribution in [0.5, 0.6) is 5.88 Å². The van der Waals surface area contributed by atoms with Crippen molar-refractivity contribution in [1.82, 2.24) is 10.0 Å². The van der Waals surface area contributed by atoms with Gasteiger partial charge in [-0.25, -0.2) is 5.48 Å². The number of halogens is 1. The second kappa shape index (κ2) is 7.28. The first-order valence-corrected chi connectivity index (χ1v) is 7.44. The number of hydrogen-bond donors (Lipinski definition) is 3. The van der Waals surface area contributed by atoms with E-state index in [1.807, 2.05) is 24.3 Å². The molecule has 3 N–H and O–H groups in total. The van der Waals surface area contributed by atoms with Gasteiger partial charge in [-0.1, -0.05) is 34.1 Å². The maximum Gasteiger partial charge on any atom is 0.243 e. The summed E-state index contributed by atoms with van der Waals surface area (Å²) in [5.41, 5.74) is 3.45. The highest BCUT2D eigenvalue weighted by Crippen LogP contribution is 2.22. The molecule has 0 aliphatic carbocycles. The van der Waals surface area contributed by atoms with Crippen molar-refractivity contribution in [2.75, 3.05) is 0 Å². The number of rotatable bonds is 6. The van der Waals surface area contributed by atoms with Crippen LogP contribution in [0.1, 0.15) is 17.5 Å². The minimum atomic E-state index is -0.463. The minimum absolute atomic E-state index is 0.137. The Labute approximate surface area is 131 Å². The molecule has 0 saturated heterocycles. The predicted molar refractivity (Wildman–Crippen MR) is 82.2 cm³/mol. The average Bonchev–Trinajstić information content (AvgIpc) is 2.84. The molecule has 0 radical (unpaired) electrons. The normalized spacial score (nSPS) is 10.6. The van der Waals surface area contributed by atoms with Crippen molar-refractivity contribution in [2.24, 2.45) is 0 Å². The molecule has 0 fully saturated rings. The van der Waals surface area contributed by atoms with E-state index in [9.17, 15) is 9.90 Å². The zero-order valence-electron chi connectivity index (χ0n) is 11.4. The Bertz CT molecular complexity index is 625. The van der Waals surface area contributed by atoms with E-state index in [-0.39, 0.29) is 12.3 Å². The Balaban J connectivity index is 1.97. The fourth-order valence-corrected chi connectivity index (χ4v) is 2.61. The second-order valence-corrected chi connectivity index (χ2v) is 5.59. The van der Waals surface area contributed by atoms with Gasteiger partial charge in [0.15, 0.2) is 5.88 Å². The molecule has 0 atom stereocenters. The van der Waals surface area contributed by atoms with E-state index in [0.717, 1.165) is 10.9 Å². The third-order valence-electron chi connectivity index (χ3n) is 3.34. The van der Waals surface area contributed by atoms with Crippen molar-refractivity contribution in [3.63, 3.8) is 0 Å². The lowest BCUT2D eigenvalue weighted by atomic mass is 10.1. The first-order chi connectivity index (χ1) is 10.1. The van der Waals surface area contributed by atoms with Gasteiger partial charge in [-0.3, -0.25) is 10.0 Å². The molecule has 2 rings (SSSR count). The van der Waals surface area contributed by atoms with E-state index >= 15 is 0 Å². The average molecular weight is 353 g/mol. The molecule has 21 heavy (non-hydrogen) atoms. The van der Waals surface area contributed by atoms with Crippen LogP contribution in [0, 0.1) is 0 Å². The molecule has 0 bridgehead atoms. The molecule has 1 heterocycles. The van der Waals surface area contributed by atoms with Crippen LogP contribution < -0.4 is 5.48 Å². The van der Waals surface area contributed by atoms with Crippen LogP contribution in [0.25, 0.3) is 0 Å². The van der Waals surface area contributed by atoms with E-state index in [0.29, 0.717) is 18.5 Å². The molecule has 2 aromatic rings. The van der Waals surface area contributed by atoms with E-state index < -0.39 is 5.91 Å². The monoisotopic (exact) mass is 352 g/mol. The topological polar surface area (TPSA) is 74.5 Å². The highest BCUT2D eigenvalue weighted by atomic mass is 79.9. The SMILES string of the molecule is O=C(CCc1ccn(CCc2ccccc2Br)c1O)NO. The highest BCUT2D eigenvalue weighted by molar-refractivity contribution is 9.10. The van der Waals surface area contributed by atoms with Crippen LogP contribution in [-0.4, -0.2) is 20.8 Å². The van der Waals surface area contributed by atoms with Gasteiger partial charge in [-0.15, -0.1) is 0 Å². The Hall–Kier alpha value is -1.79. The number of aromatic hydroxyl groups is 1. The van der Waals surface area contributed by atoms with Crippen LogP contribution in [0.3, 0.4) is 0 Å². The number of hydrogen-bond acceptors (Lipinski definition) is 3. The van der Waals surface area contributed by atoms with E-state index in [1.54, 1.807) is 22.3 Å². The molecule has 0 aliphatic heterocycles. The van der Waals surface area contributed by atoms with Crippen LogP contribution in [0.4, 0.5) is 0 Å². The molecule has 1 aromatic carbocycles. The van der Waals surface area contributed by atoms with Crippen LogP contribution in [-0.2, 0) is 24.2 Å². The molecule has 0 unspecified atom stereocenters. The van der Waals surface area contributed by atoms with E-state index in [2.05, 4.69) is 15.9 Å². The van der Waals surface area contributed by atoms with Crippen molar-refractivity contribution < 1.29 is 15.1 Å². The molecule has 1 amide bonds. The summed E-state index contributed by atoms with van der Waals surface area (Å²) in [7, 11) is 0. The predicted octanol–water partition coefficient (Wildman–Crippen LogP) is 2.64. The zero-order valence-corrected chi connectivity index (χ0v) is 13.0. The third-order valence-corrected chi connectivity index (χ3v) is 4.11. The summed E-state index contributed by atoms with van der Waals surface area (Å²) in [6.07, 6.45) is 3.12. The summed E-state index contributed by atoms with van der Waals surface area (Å²) < 4.78 is 2.81. The molecule has 5 nitrogen and oxygen atoms in total. The standard InChI is InChI=1S/C15H17BrN2O3/c16-13-4-2-1-3-11(13)7-9-18-10-8-12(15(18)20)5-6-14(19)17-21/h1-4,8,10,20-21H,5-7,9H2,(H,17,19). The van der Waals surface area contributed by atoms with Gasteiger partial charge in [0.25, 0.3) is 0 Å². The number of hydroxylamine groups is 1. The maximum absolute atomic E-state index is 11.0. The highest BCUT2D eigenvalue weighted by Gasteiger charge is 2.10. The van der Waals surface area contributed by atoms with Crippen molar-refractivity contribution in [1.29, 1.82) is 0 Å². The van der Waals surface area contributed by atoms with E-state index in [4.69, 9.17) is 5.21 Å². The molecular formula is C15H17BrN2O3. The van der Waals surface area contributed by atoms with Crippen molar-refractivity contribution in [3.05, 3.63) is 52.1 Å². The lowest BCUT2D eigenvalue weighted by Crippen LogP contribution is -2.18. The lowest BCUT2D eigenvalue weighted by Gasteiger charge is -2.08. The summed E-state index contributed by atoms with van der Waals surface area (Å²) in [6.45, 7) is 0.653. The second-order valence-electron chi connectivity index (χ2n) is 4.73. The van der Waals surface area contributed by atoms with Gasteiger partial charge in [-0.05, 0) is 30.5 Å². The molecule has 112 valence electrons. The molecule has 0 aliphatic rings. The Morgan fingerprint density at radius 3 is 2.67 bits per heavy atom. The molecular weight excluding hydrogens is 336 g/mol. The quantitative estimate of drug-likeness (QED) is 0.552. The smallest absolute Gasteiger partial charge is 0.243 e. The number of nitrogens with one attached hydrogen (secondary N) is 1. The summed E-state index contributed by atoms with van der Waals surface area (Å²) in [6, 6.07) is 9.76. The number of aromatic nitrogens is 1. The van der Waals surface area contributed by atoms with Gasteiger partial charge in [0.2, 0.25) is 5.91 Å². The molecule has 0 spiro atoms.